The summed E-state index contributed by atoms with van der Waals surface area (Å²) in [5, 5.41) is 0. The monoisotopic (exact) mass is 168 g/mol. The minimum Gasteiger partial charge on any atom is -0.368 e. The first kappa shape index (κ1) is 9.34. The van der Waals surface area contributed by atoms with Crippen molar-refractivity contribution in [3.63, 3.8) is 0 Å². The van der Waals surface area contributed by atoms with Crippen LogP contribution in [0.15, 0.2) is 0 Å². The number of nitrogens with two attached hydrogens (primary N) is 1. The van der Waals surface area contributed by atoms with Gasteiger partial charge in [-0.05, 0) is 0 Å². The number of amides is 1. The van der Waals surface area contributed by atoms with Gasteiger partial charge in [-0.15, -0.1) is 0 Å². The van der Waals surface area contributed by atoms with Crippen molar-refractivity contribution < 1.29 is 18.0 Å². The van der Waals surface area contributed by atoms with E-state index in [4.69, 9.17) is 0 Å². The molecule has 0 saturated carbocycles. The van der Waals surface area contributed by atoms with E-state index >= 15 is 0 Å². The normalized spacial score (nSPS) is 11.3. The number of sulfonamides is 1. The predicted octanol–water partition coefficient (Wildman–Crippen LogP) is -2.05. The number of carbonyl (C=O) groups is 1. The summed E-state index contributed by atoms with van der Waals surface area (Å²) >= 11 is 0. The molecule has 6 nitrogen and oxygen atoms in total. The molecule has 0 bridgehead atoms. The van der Waals surface area contributed by atoms with Crippen LogP contribution in [0.25, 0.3) is 0 Å². The molecule has 0 unspecified atom stereocenters. The van der Waals surface area contributed by atoms with Crippen LogP contribution in [-0.4, -0.2) is 27.2 Å². The Labute approximate surface area is 58.3 Å². The lowest BCUT2D eigenvalue weighted by atomic mass is 10.7. The minimum atomic E-state index is -3.40. The molecule has 0 radical (unpaired) electrons. The summed E-state index contributed by atoms with van der Waals surface area (Å²) in [7, 11) is -3.40. The highest BCUT2D eigenvalue weighted by molar-refractivity contribution is 7.88. The lowest BCUT2D eigenvalue weighted by Crippen LogP contribution is -2.28. The Kier molecular flexibility index (Phi) is 3.26. The van der Waals surface area contributed by atoms with Crippen LogP contribution in [0.5, 0.6) is 0 Å². The quantitative estimate of drug-likeness (QED) is 0.472. The minimum absolute atomic E-state index is 0.465. The van der Waals surface area contributed by atoms with E-state index in [-0.39, 0.29) is 0 Å². The van der Waals surface area contributed by atoms with Crippen molar-refractivity contribution in [3.05, 3.63) is 0 Å². The van der Waals surface area contributed by atoms with Crippen LogP contribution in [0, 0.1) is 0 Å². The Morgan fingerprint density at radius 2 is 2.20 bits per heavy atom. The van der Waals surface area contributed by atoms with Gasteiger partial charge >= 0.3 is 0 Å². The first-order chi connectivity index (χ1) is 4.42. The molecule has 1 amide bonds. The fourth-order valence-electron chi connectivity index (χ4n) is 0.208. The molecule has 0 spiro atoms. The van der Waals surface area contributed by atoms with Crippen molar-refractivity contribution in [1.82, 2.24) is 4.89 Å². The molecule has 0 aromatic heterocycles. The molecular weight excluding hydrogens is 160 g/mol. The molecular formula is C3H8N2O4S. The smallest absolute Gasteiger partial charge is 0.245 e. The molecule has 60 valence electrons. The maximum atomic E-state index is 10.2. The van der Waals surface area contributed by atoms with Gasteiger partial charge in [-0.3, -0.25) is 9.63 Å². The number of carbonyl (C=O) groups excluding carboxylic acids is 1. The number of hydrogen-bond acceptors (Lipinski definition) is 4. The summed E-state index contributed by atoms with van der Waals surface area (Å²) in [6, 6.07) is 0. The summed E-state index contributed by atoms with van der Waals surface area (Å²) < 4.78 is 20.4. The van der Waals surface area contributed by atoms with Crippen molar-refractivity contribution in [2.45, 2.75) is 0 Å². The number of hydrogen-bond donors (Lipinski definition) is 2. The second kappa shape index (κ2) is 3.49. The number of primary amides is 1. The second-order valence-electron chi connectivity index (χ2n) is 1.61. The van der Waals surface area contributed by atoms with Gasteiger partial charge in [0.15, 0.2) is 0 Å². The van der Waals surface area contributed by atoms with Gasteiger partial charge in [-0.25, -0.2) is 8.42 Å². The van der Waals surface area contributed by atoms with Crippen LogP contribution in [-0.2, 0) is 19.7 Å². The Morgan fingerprint density at radius 1 is 1.70 bits per heavy atom. The van der Waals surface area contributed by atoms with Crippen LogP contribution >= 0.6 is 0 Å². The van der Waals surface area contributed by atoms with Gasteiger partial charge in [-0.2, -0.15) is 0 Å². The molecule has 0 rings (SSSR count). The lowest BCUT2D eigenvalue weighted by Gasteiger charge is -1.98. The van der Waals surface area contributed by atoms with Crippen LogP contribution in [0.1, 0.15) is 0 Å². The predicted molar refractivity (Wildman–Crippen MR) is 33.1 cm³/mol. The van der Waals surface area contributed by atoms with Crippen LogP contribution in [0.2, 0.25) is 0 Å². The van der Waals surface area contributed by atoms with E-state index in [1.54, 1.807) is 4.89 Å². The van der Waals surface area contributed by atoms with Crippen molar-refractivity contribution in [2.24, 2.45) is 5.73 Å². The van der Waals surface area contributed by atoms with E-state index < -0.39 is 22.5 Å². The Morgan fingerprint density at radius 3 is 2.50 bits per heavy atom. The standard InChI is InChI=1S/C3H8N2O4S/c1-10(7,8)5-9-2-3(4)6/h5H,2H2,1H3,(H2,4,6). The molecule has 0 aliphatic carbocycles. The van der Waals surface area contributed by atoms with Gasteiger partial charge in [0, 0.05) is 0 Å². The summed E-state index contributed by atoms with van der Waals surface area (Å²) in [4.78, 5) is 15.7. The third kappa shape index (κ3) is 7.34. The first-order valence-corrected chi connectivity index (χ1v) is 4.18. The first-order valence-electron chi connectivity index (χ1n) is 2.28. The molecule has 10 heavy (non-hydrogen) atoms. The third-order valence-electron chi connectivity index (χ3n) is 0.425. The van der Waals surface area contributed by atoms with Gasteiger partial charge < -0.3 is 5.73 Å². The lowest BCUT2D eigenvalue weighted by molar-refractivity contribution is -0.123. The summed E-state index contributed by atoms with van der Waals surface area (Å²) in [5.74, 6) is -0.740. The van der Waals surface area contributed by atoms with Crippen LogP contribution in [0.3, 0.4) is 0 Å². The highest BCUT2D eigenvalue weighted by Crippen LogP contribution is 1.73. The topological polar surface area (TPSA) is 98.5 Å². The molecule has 0 aromatic rings. The fraction of sp³-hybridized carbons (Fsp3) is 0.667. The van der Waals surface area contributed by atoms with Crippen LogP contribution in [0.4, 0.5) is 0 Å². The van der Waals surface area contributed by atoms with E-state index in [2.05, 4.69) is 10.6 Å². The Bertz CT molecular complexity index is 209. The SMILES string of the molecule is CS(=O)(=O)NOCC(N)=O. The molecule has 0 aromatic carbocycles. The van der Waals surface area contributed by atoms with Crippen molar-refractivity contribution in [1.29, 1.82) is 0 Å². The zero-order valence-electron chi connectivity index (χ0n) is 5.33. The number of nitrogens with one attached hydrogen (secondary N) is 1. The fourth-order valence-corrected chi connectivity index (χ4v) is 0.481. The van der Waals surface area contributed by atoms with E-state index in [0.717, 1.165) is 6.26 Å². The van der Waals surface area contributed by atoms with Gasteiger partial charge in [-0.1, -0.05) is 4.89 Å². The van der Waals surface area contributed by atoms with E-state index in [9.17, 15) is 13.2 Å². The van der Waals surface area contributed by atoms with Crippen molar-refractivity contribution in [2.75, 3.05) is 12.9 Å². The highest BCUT2D eigenvalue weighted by atomic mass is 32.2. The molecule has 0 saturated heterocycles. The molecule has 0 heterocycles. The third-order valence-corrected chi connectivity index (χ3v) is 0.845. The van der Waals surface area contributed by atoms with Gasteiger partial charge in [0.2, 0.25) is 15.9 Å². The van der Waals surface area contributed by atoms with Crippen LogP contribution < -0.4 is 10.6 Å². The zero-order valence-corrected chi connectivity index (χ0v) is 6.14. The average Bonchev–Trinajstić information content (AvgIpc) is 1.59. The van der Waals surface area contributed by atoms with Crippen molar-refractivity contribution >= 4 is 15.9 Å². The molecule has 3 N–H and O–H groups in total. The zero-order chi connectivity index (χ0) is 8.20. The van der Waals surface area contributed by atoms with E-state index in [0.29, 0.717) is 0 Å². The molecule has 7 heteroatoms. The molecule has 0 atom stereocenters. The van der Waals surface area contributed by atoms with Crippen molar-refractivity contribution in [3.8, 4) is 0 Å². The molecule has 0 aliphatic heterocycles. The van der Waals surface area contributed by atoms with Gasteiger partial charge in [0.05, 0.1) is 6.26 Å². The summed E-state index contributed by atoms with van der Waals surface area (Å²) in [6.07, 6.45) is 0.897. The maximum Gasteiger partial charge on any atom is 0.245 e. The molecule has 0 aliphatic rings. The van der Waals surface area contributed by atoms with Gasteiger partial charge in [0.1, 0.15) is 6.61 Å². The highest BCUT2D eigenvalue weighted by Gasteiger charge is 2.00. The summed E-state index contributed by atoms with van der Waals surface area (Å²) in [5.41, 5.74) is 4.62. The van der Waals surface area contributed by atoms with E-state index in [1.807, 2.05) is 0 Å². The Balaban J connectivity index is 3.49. The number of rotatable bonds is 4. The summed E-state index contributed by atoms with van der Waals surface area (Å²) in [6.45, 7) is -0.465. The largest absolute Gasteiger partial charge is 0.368 e. The second-order valence-corrected chi connectivity index (χ2v) is 3.32. The average molecular weight is 168 g/mol. The maximum absolute atomic E-state index is 10.2. The van der Waals surface area contributed by atoms with Gasteiger partial charge in [0.25, 0.3) is 0 Å². The molecule has 0 fully saturated rings. The Hall–Kier alpha value is -0.660. The van der Waals surface area contributed by atoms with E-state index in [1.165, 1.54) is 0 Å².